The number of amides is 1. The predicted octanol–water partition coefficient (Wildman–Crippen LogP) is 2.16. The molecule has 1 aliphatic carbocycles. The molecular weight excluding hydrogens is 504 g/mol. The number of carbonyl (C=O) groups excluding carboxylic acids is 6. The Morgan fingerprint density at radius 1 is 1.05 bits per heavy atom. The van der Waals surface area contributed by atoms with Crippen LogP contribution in [-0.4, -0.2) is 52.8 Å². The highest BCUT2D eigenvalue weighted by Crippen LogP contribution is 2.28. The van der Waals surface area contributed by atoms with Gasteiger partial charge in [-0.2, -0.15) is 0 Å². The molecule has 3 rings (SSSR count). The Morgan fingerprint density at radius 3 is 2.38 bits per heavy atom. The molecule has 0 radical (unpaired) electrons. The summed E-state index contributed by atoms with van der Waals surface area (Å²) in [7, 11) is 0. The van der Waals surface area contributed by atoms with Gasteiger partial charge in [0.05, 0.1) is 23.8 Å². The second kappa shape index (κ2) is 13.1. The molecule has 4 atom stereocenters. The highest BCUT2D eigenvalue weighted by atomic mass is 16.5. The summed E-state index contributed by atoms with van der Waals surface area (Å²) in [5, 5.41) is 15.4. The molecule has 1 aliphatic rings. The van der Waals surface area contributed by atoms with Crippen molar-refractivity contribution in [1.82, 2.24) is 5.32 Å². The average Bonchev–Trinajstić information content (AvgIpc) is 2.94. The number of hydrogen-bond acceptors (Lipinski definition) is 9. The number of rotatable bonds is 9. The molecule has 0 heterocycles. The zero-order valence-electron chi connectivity index (χ0n) is 22.0. The van der Waals surface area contributed by atoms with E-state index in [4.69, 9.17) is 4.74 Å². The second-order valence-electron chi connectivity index (χ2n) is 9.90. The molecule has 0 aliphatic heterocycles. The Morgan fingerprint density at radius 2 is 1.74 bits per heavy atom. The molecule has 39 heavy (non-hydrogen) atoms. The molecule has 2 aromatic rings. The van der Waals surface area contributed by atoms with Crippen LogP contribution >= 0.6 is 0 Å². The number of aromatic hydroxyl groups is 1. The van der Waals surface area contributed by atoms with Crippen molar-refractivity contribution in [1.29, 1.82) is 0 Å². The number of carbonyl (C=O) groups is 6. The molecule has 0 spiro atoms. The maximum absolute atomic E-state index is 13.5. The molecule has 206 valence electrons. The minimum absolute atomic E-state index is 0.0375. The highest BCUT2D eigenvalue weighted by Gasteiger charge is 2.46. The molecule has 0 unspecified atom stereocenters. The zero-order chi connectivity index (χ0) is 28.7. The van der Waals surface area contributed by atoms with Crippen molar-refractivity contribution in [3.05, 3.63) is 59.7 Å². The number of ether oxygens (including phenoxy) is 1. The van der Waals surface area contributed by atoms with Crippen LogP contribution in [0.3, 0.4) is 0 Å². The van der Waals surface area contributed by atoms with E-state index in [1.807, 2.05) is 0 Å². The summed E-state index contributed by atoms with van der Waals surface area (Å²) in [6, 6.07) is 11.8. The van der Waals surface area contributed by atoms with Gasteiger partial charge in [0, 0.05) is 24.2 Å². The van der Waals surface area contributed by atoms with Crippen LogP contribution in [0.25, 0.3) is 0 Å². The monoisotopic (exact) mass is 536 g/mol. The summed E-state index contributed by atoms with van der Waals surface area (Å²) in [5.74, 6) is -7.24. The third-order valence-electron chi connectivity index (χ3n) is 6.73. The second-order valence-corrected chi connectivity index (χ2v) is 9.90. The lowest BCUT2D eigenvalue weighted by atomic mass is 9.81. The number of ketones is 4. The van der Waals surface area contributed by atoms with Gasteiger partial charge in [-0.05, 0) is 30.2 Å². The maximum Gasteiger partial charge on any atom is 0.308 e. The lowest BCUT2D eigenvalue weighted by Crippen LogP contribution is -2.46. The number of anilines is 1. The van der Waals surface area contributed by atoms with Crippen molar-refractivity contribution in [3.63, 3.8) is 0 Å². The first-order valence-corrected chi connectivity index (χ1v) is 12.7. The topological polar surface area (TPSA) is 156 Å². The third-order valence-corrected chi connectivity index (χ3v) is 6.73. The van der Waals surface area contributed by atoms with Gasteiger partial charge in [0.2, 0.25) is 29.5 Å². The van der Waals surface area contributed by atoms with Crippen molar-refractivity contribution in [2.45, 2.75) is 52.3 Å². The van der Waals surface area contributed by atoms with Crippen LogP contribution in [0.1, 0.15) is 38.3 Å². The van der Waals surface area contributed by atoms with Crippen molar-refractivity contribution < 1.29 is 38.6 Å². The first kappa shape index (κ1) is 29.4. The number of Topliss-reactive ketones (excluding diaryl/α,β-unsaturated/α-hetero) is 4. The van der Waals surface area contributed by atoms with E-state index in [2.05, 4.69) is 10.6 Å². The molecule has 0 bridgehead atoms. The number of phenols is 1. The fraction of sp³-hybridized carbons (Fsp3) is 0.379. The van der Waals surface area contributed by atoms with Gasteiger partial charge in [-0.3, -0.25) is 28.8 Å². The summed E-state index contributed by atoms with van der Waals surface area (Å²) < 4.78 is 5.62. The SMILES string of the molecule is CC(C)C(=O)O[C@@H]1[C@H](C)C(=O)C(=O)[C@@H](NCc2cc(NC=O)ccc2O)CC(=O)C(=O)[C@@H]1Cc1ccccc1. The Labute approximate surface area is 226 Å². The van der Waals surface area contributed by atoms with Crippen LogP contribution in [0.2, 0.25) is 0 Å². The standard InChI is InChI=1S/C29H32N2O8/c1-16(2)29(38)39-28-17(3)25(35)27(37)22(30-14-19-12-20(31-15-32)9-10-23(19)33)13-24(34)26(36)21(28)11-18-7-5-4-6-8-18/h4-10,12,15-17,21-22,28,30,33H,11,13-14H2,1-3H3,(H,31,32)/t17-,21+,22+,28-/m1/s1. The van der Waals surface area contributed by atoms with Crippen LogP contribution < -0.4 is 10.6 Å². The van der Waals surface area contributed by atoms with E-state index in [1.165, 1.54) is 25.1 Å². The molecule has 1 saturated carbocycles. The Hall–Kier alpha value is -4.18. The van der Waals surface area contributed by atoms with E-state index in [-0.39, 0.29) is 18.7 Å². The molecule has 1 amide bonds. The smallest absolute Gasteiger partial charge is 0.308 e. The van der Waals surface area contributed by atoms with E-state index < -0.39 is 65.4 Å². The minimum atomic E-state index is -1.35. The minimum Gasteiger partial charge on any atom is -0.508 e. The van der Waals surface area contributed by atoms with Gasteiger partial charge in [0.25, 0.3) is 0 Å². The molecular formula is C29H32N2O8. The summed E-state index contributed by atoms with van der Waals surface area (Å²) in [5.41, 5.74) is 1.38. The predicted molar refractivity (Wildman–Crippen MR) is 141 cm³/mol. The molecule has 10 heteroatoms. The lowest BCUT2D eigenvalue weighted by Gasteiger charge is -2.29. The fourth-order valence-corrected chi connectivity index (χ4v) is 4.44. The van der Waals surface area contributed by atoms with E-state index in [0.29, 0.717) is 23.2 Å². The van der Waals surface area contributed by atoms with Crippen LogP contribution in [0, 0.1) is 17.8 Å². The quantitative estimate of drug-likeness (QED) is 0.189. The van der Waals surface area contributed by atoms with Gasteiger partial charge in [0.1, 0.15) is 11.9 Å². The fourth-order valence-electron chi connectivity index (χ4n) is 4.44. The van der Waals surface area contributed by atoms with Gasteiger partial charge in [-0.25, -0.2) is 0 Å². The van der Waals surface area contributed by atoms with Crippen molar-refractivity contribution >= 4 is 41.2 Å². The molecule has 1 fully saturated rings. The summed E-state index contributed by atoms with van der Waals surface area (Å²) in [6.45, 7) is 4.47. The number of benzene rings is 2. The van der Waals surface area contributed by atoms with Crippen LogP contribution in [0.5, 0.6) is 5.75 Å². The Kier molecular flexibility index (Phi) is 9.84. The molecule has 0 aromatic heterocycles. The van der Waals surface area contributed by atoms with E-state index in [9.17, 15) is 33.9 Å². The third kappa shape index (κ3) is 7.23. The van der Waals surface area contributed by atoms with Gasteiger partial charge >= 0.3 is 5.97 Å². The van der Waals surface area contributed by atoms with E-state index in [0.717, 1.165) is 0 Å². The van der Waals surface area contributed by atoms with Crippen molar-refractivity contribution in [2.75, 3.05) is 5.32 Å². The van der Waals surface area contributed by atoms with Gasteiger partial charge < -0.3 is 20.5 Å². The maximum atomic E-state index is 13.5. The molecule has 3 N–H and O–H groups in total. The summed E-state index contributed by atoms with van der Waals surface area (Å²) in [6.07, 6.45) is -1.40. The van der Waals surface area contributed by atoms with Crippen LogP contribution in [0.4, 0.5) is 5.69 Å². The van der Waals surface area contributed by atoms with Gasteiger partial charge in [-0.15, -0.1) is 0 Å². The van der Waals surface area contributed by atoms with Crippen molar-refractivity contribution in [2.24, 2.45) is 17.8 Å². The van der Waals surface area contributed by atoms with Crippen LogP contribution in [0.15, 0.2) is 48.5 Å². The Bertz CT molecular complexity index is 1260. The average molecular weight is 537 g/mol. The summed E-state index contributed by atoms with van der Waals surface area (Å²) in [4.78, 5) is 76.6. The van der Waals surface area contributed by atoms with E-state index in [1.54, 1.807) is 44.2 Å². The van der Waals surface area contributed by atoms with Crippen LogP contribution in [-0.2, 0) is 46.5 Å². The Balaban J connectivity index is 1.95. The van der Waals surface area contributed by atoms with E-state index >= 15 is 0 Å². The number of nitrogens with one attached hydrogen (secondary N) is 2. The molecule has 2 aromatic carbocycles. The summed E-state index contributed by atoms with van der Waals surface area (Å²) >= 11 is 0. The number of phenolic OH excluding ortho intramolecular Hbond substituents is 1. The van der Waals surface area contributed by atoms with Gasteiger partial charge in [-0.1, -0.05) is 51.1 Å². The first-order valence-electron chi connectivity index (χ1n) is 12.7. The van der Waals surface area contributed by atoms with Gasteiger partial charge in [0.15, 0.2) is 0 Å². The lowest BCUT2D eigenvalue weighted by molar-refractivity contribution is -0.163. The largest absolute Gasteiger partial charge is 0.508 e. The highest BCUT2D eigenvalue weighted by molar-refractivity contribution is 6.44. The normalized spacial score (nSPS) is 22.2. The van der Waals surface area contributed by atoms with Crippen molar-refractivity contribution in [3.8, 4) is 5.75 Å². The first-order chi connectivity index (χ1) is 18.5. The number of hydrogen-bond donors (Lipinski definition) is 3. The molecule has 0 saturated heterocycles. The number of esters is 1. The zero-order valence-corrected chi connectivity index (χ0v) is 22.0. The molecule has 10 nitrogen and oxygen atoms in total.